The number of amides is 2. The molecular formula is C16H19BrN2O5. The standard InChI is InChI=1S/C16H19BrN2O5/c1-9-12(6-5-11(17)13(9)15(22)24-2)18-16(23)19-7-3-4-10(8-19)14(20)21/h5-6,10H,3-4,7-8H2,1-2H3,(H,18,23)(H,20,21). The molecule has 0 radical (unpaired) electrons. The van der Waals surface area contributed by atoms with Gasteiger partial charge < -0.3 is 20.1 Å². The van der Waals surface area contributed by atoms with E-state index in [1.807, 2.05) is 0 Å². The molecule has 24 heavy (non-hydrogen) atoms. The van der Waals surface area contributed by atoms with Gasteiger partial charge in [0.25, 0.3) is 0 Å². The predicted octanol–water partition coefficient (Wildman–Crippen LogP) is 2.87. The summed E-state index contributed by atoms with van der Waals surface area (Å²) in [6, 6.07) is 2.97. The smallest absolute Gasteiger partial charge is 0.339 e. The number of urea groups is 1. The molecule has 1 aromatic rings. The molecule has 1 aliphatic rings. The van der Waals surface area contributed by atoms with E-state index in [1.165, 1.54) is 12.0 Å². The third-order valence-corrected chi connectivity index (χ3v) is 4.76. The van der Waals surface area contributed by atoms with Crippen LogP contribution in [-0.4, -0.2) is 48.2 Å². The van der Waals surface area contributed by atoms with Crippen molar-refractivity contribution in [2.45, 2.75) is 19.8 Å². The Labute approximate surface area is 148 Å². The Hall–Kier alpha value is -2.09. The summed E-state index contributed by atoms with van der Waals surface area (Å²) < 4.78 is 5.33. The van der Waals surface area contributed by atoms with Crippen molar-refractivity contribution in [3.8, 4) is 0 Å². The molecular weight excluding hydrogens is 380 g/mol. The minimum Gasteiger partial charge on any atom is -0.481 e. The van der Waals surface area contributed by atoms with Crippen molar-refractivity contribution >= 4 is 39.6 Å². The third kappa shape index (κ3) is 3.87. The van der Waals surface area contributed by atoms with E-state index in [4.69, 9.17) is 9.84 Å². The number of carbonyl (C=O) groups excluding carboxylic acids is 2. The van der Waals surface area contributed by atoms with Crippen LogP contribution < -0.4 is 5.32 Å². The van der Waals surface area contributed by atoms with Crippen LogP contribution in [0.2, 0.25) is 0 Å². The molecule has 0 bridgehead atoms. The molecule has 130 valence electrons. The SMILES string of the molecule is COC(=O)c1c(Br)ccc(NC(=O)N2CCCC(C(=O)O)C2)c1C. The highest BCUT2D eigenvalue weighted by Crippen LogP contribution is 2.28. The van der Waals surface area contributed by atoms with Gasteiger partial charge in [-0.05, 0) is 53.4 Å². The molecule has 1 aliphatic heterocycles. The Balaban J connectivity index is 2.17. The number of halogens is 1. The van der Waals surface area contributed by atoms with Crippen molar-refractivity contribution in [2.24, 2.45) is 5.92 Å². The molecule has 2 N–H and O–H groups in total. The summed E-state index contributed by atoms with van der Waals surface area (Å²) in [5.74, 6) is -1.93. The van der Waals surface area contributed by atoms with Gasteiger partial charge in [0.1, 0.15) is 0 Å². The molecule has 1 aromatic carbocycles. The van der Waals surface area contributed by atoms with E-state index in [-0.39, 0.29) is 12.6 Å². The number of hydrogen-bond donors (Lipinski definition) is 2. The van der Waals surface area contributed by atoms with Crippen LogP contribution in [0.5, 0.6) is 0 Å². The third-order valence-electron chi connectivity index (χ3n) is 4.10. The summed E-state index contributed by atoms with van der Waals surface area (Å²) in [7, 11) is 1.29. The fourth-order valence-corrected chi connectivity index (χ4v) is 3.32. The van der Waals surface area contributed by atoms with E-state index in [1.54, 1.807) is 19.1 Å². The maximum Gasteiger partial charge on any atom is 0.339 e. The van der Waals surface area contributed by atoms with Gasteiger partial charge in [0, 0.05) is 23.2 Å². The summed E-state index contributed by atoms with van der Waals surface area (Å²) in [5, 5.41) is 11.9. The zero-order chi connectivity index (χ0) is 17.9. The fourth-order valence-electron chi connectivity index (χ4n) is 2.72. The summed E-state index contributed by atoms with van der Waals surface area (Å²) in [6.07, 6.45) is 1.22. The Morgan fingerprint density at radius 1 is 1.38 bits per heavy atom. The molecule has 2 rings (SSSR count). The molecule has 7 nitrogen and oxygen atoms in total. The zero-order valence-electron chi connectivity index (χ0n) is 13.5. The monoisotopic (exact) mass is 398 g/mol. The highest BCUT2D eigenvalue weighted by atomic mass is 79.9. The first-order chi connectivity index (χ1) is 11.3. The lowest BCUT2D eigenvalue weighted by atomic mass is 9.99. The molecule has 8 heteroatoms. The van der Waals surface area contributed by atoms with Gasteiger partial charge in [-0.1, -0.05) is 0 Å². The Morgan fingerprint density at radius 3 is 2.71 bits per heavy atom. The van der Waals surface area contributed by atoms with Crippen LogP contribution in [0, 0.1) is 12.8 Å². The summed E-state index contributed by atoms with van der Waals surface area (Å²) >= 11 is 3.30. The maximum absolute atomic E-state index is 12.4. The lowest BCUT2D eigenvalue weighted by Crippen LogP contribution is -2.44. The number of carboxylic acid groups (broad SMARTS) is 1. The van der Waals surface area contributed by atoms with Crippen LogP contribution in [0.1, 0.15) is 28.8 Å². The minimum atomic E-state index is -0.889. The van der Waals surface area contributed by atoms with E-state index < -0.39 is 17.9 Å². The lowest BCUT2D eigenvalue weighted by molar-refractivity contribution is -0.143. The van der Waals surface area contributed by atoms with Crippen LogP contribution in [0.25, 0.3) is 0 Å². The second-order valence-corrected chi connectivity index (χ2v) is 6.49. The molecule has 1 heterocycles. The molecule has 1 saturated heterocycles. The van der Waals surface area contributed by atoms with E-state index in [0.29, 0.717) is 40.7 Å². The molecule has 0 aromatic heterocycles. The van der Waals surface area contributed by atoms with Gasteiger partial charge in [-0.2, -0.15) is 0 Å². The molecule has 0 saturated carbocycles. The van der Waals surface area contributed by atoms with Gasteiger partial charge in [-0.15, -0.1) is 0 Å². The number of carboxylic acids is 1. The van der Waals surface area contributed by atoms with E-state index in [9.17, 15) is 14.4 Å². The van der Waals surface area contributed by atoms with Crippen LogP contribution in [0.4, 0.5) is 10.5 Å². The van der Waals surface area contributed by atoms with Gasteiger partial charge in [0.2, 0.25) is 0 Å². The Morgan fingerprint density at radius 2 is 2.08 bits per heavy atom. The average Bonchev–Trinajstić information content (AvgIpc) is 2.57. The van der Waals surface area contributed by atoms with Crippen molar-refractivity contribution < 1.29 is 24.2 Å². The number of likely N-dealkylation sites (tertiary alicyclic amines) is 1. The predicted molar refractivity (Wildman–Crippen MR) is 91.2 cm³/mol. The first-order valence-corrected chi connectivity index (χ1v) is 8.30. The number of methoxy groups -OCH3 is 1. The number of anilines is 1. The molecule has 0 aliphatic carbocycles. The van der Waals surface area contributed by atoms with Crippen LogP contribution in [-0.2, 0) is 9.53 Å². The van der Waals surface area contributed by atoms with Crippen molar-refractivity contribution in [3.63, 3.8) is 0 Å². The number of aliphatic carboxylic acids is 1. The fraction of sp³-hybridized carbons (Fsp3) is 0.438. The number of carbonyl (C=O) groups is 3. The summed E-state index contributed by atoms with van der Waals surface area (Å²) in [5.41, 5.74) is 1.41. The van der Waals surface area contributed by atoms with Crippen molar-refractivity contribution in [3.05, 3.63) is 27.7 Å². The second-order valence-electron chi connectivity index (χ2n) is 5.64. The average molecular weight is 399 g/mol. The molecule has 1 unspecified atom stereocenters. The first-order valence-electron chi connectivity index (χ1n) is 7.51. The van der Waals surface area contributed by atoms with E-state index in [2.05, 4.69) is 21.2 Å². The van der Waals surface area contributed by atoms with Crippen LogP contribution in [0.15, 0.2) is 16.6 Å². The molecule has 0 spiro atoms. The van der Waals surface area contributed by atoms with Gasteiger partial charge in [0.05, 0.1) is 18.6 Å². The van der Waals surface area contributed by atoms with E-state index >= 15 is 0 Å². The van der Waals surface area contributed by atoms with E-state index in [0.717, 1.165) is 0 Å². The maximum atomic E-state index is 12.4. The highest BCUT2D eigenvalue weighted by molar-refractivity contribution is 9.10. The number of esters is 1. The Bertz CT molecular complexity index is 677. The van der Waals surface area contributed by atoms with Gasteiger partial charge in [0.15, 0.2) is 0 Å². The lowest BCUT2D eigenvalue weighted by Gasteiger charge is -2.31. The number of hydrogen-bond acceptors (Lipinski definition) is 4. The molecule has 1 atom stereocenters. The number of nitrogens with zero attached hydrogens (tertiary/aromatic N) is 1. The summed E-state index contributed by atoms with van der Waals surface area (Å²) in [6.45, 7) is 2.40. The highest BCUT2D eigenvalue weighted by Gasteiger charge is 2.28. The number of rotatable bonds is 3. The molecule has 2 amide bonds. The largest absolute Gasteiger partial charge is 0.481 e. The van der Waals surface area contributed by atoms with Gasteiger partial charge >= 0.3 is 18.0 Å². The quantitative estimate of drug-likeness (QED) is 0.763. The molecule has 1 fully saturated rings. The van der Waals surface area contributed by atoms with Crippen LogP contribution >= 0.6 is 15.9 Å². The van der Waals surface area contributed by atoms with Crippen LogP contribution in [0.3, 0.4) is 0 Å². The number of ether oxygens (including phenoxy) is 1. The zero-order valence-corrected chi connectivity index (χ0v) is 15.1. The Kier molecular flexibility index (Phi) is 5.82. The van der Waals surface area contributed by atoms with Crippen molar-refractivity contribution in [1.29, 1.82) is 0 Å². The number of piperidine rings is 1. The van der Waals surface area contributed by atoms with Gasteiger partial charge in [-0.25, -0.2) is 9.59 Å². The number of nitrogens with one attached hydrogen (secondary N) is 1. The second kappa shape index (κ2) is 7.65. The normalized spacial score (nSPS) is 17.3. The number of benzene rings is 1. The topological polar surface area (TPSA) is 95.9 Å². The summed E-state index contributed by atoms with van der Waals surface area (Å²) in [4.78, 5) is 36.9. The first kappa shape index (κ1) is 18.3. The van der Waals surface area contributed by atoms with Gasteiger partial charge in [-0.3, -0.25) is 4.79 Å². The van der Waals surface area contributed by atoms with Crippen molar-refractivity contribution in [2.75, 3.05) is 25.5 Å². The van der Waals surface area contributed by atoms with Crippen molar-refractivity contribution in [1.82, 2.24) is 4.90 Å². The minimum absolute atomic E-state index is 0.181.